The monoisotopic (exact) mass is 512 g/mol. The summed E-state index contributed by atoms with van der Waals surface area (Å²) in [6, 6.07) is 11.8. The van der Waals surface area contributed by atoms with Crippen LogP contribution in [0.2, 0.25) is 10.0 Å². The minimum absolute atomic E-state index is 0.0106. The molecule has 2 aromatic carbocycles. The number of hydrogen-bond acceptors (Lipinski definition) is 5. The van der Waals surface area contributed by atoms with Crippen molar-refractivity contribution in [2.24, 2.45) is 5.92 Å². The van der Waals surface area contributed by atoms with E-state index in [2.05, 4.69) is 5.16 Å². The molecule has 3 aromatic rings. The van der Waals surface area contributed by atoms with Crippen LogP contribution in [-0.2, 0) is 16.1 Å². The van der Waals surface area contributed by atoms with Gasteiger partial charge in [-0.25, -0.2) is 4.79 Å². The van der Waals surface area contributed by atoms with Crippen molar-refractivity contribution in [2.45, 2.75) is 50.4 Å². The van der Waals surface area contributed by atoms with E-state index in [4.69, 9.17) is 37.6 Å². The number of piperidine rings is 1. The van der Waals surface area contributed by atoms with Crippen molar-refractivity contribution in [3.05, 3.63) is 69.4 Å². The smallest absolute Gasteiger partial charge is 0.335 e. The molecule has 7 nitrogen and oxygen atoms in total. The zero-order valence-electron chi connectivity index (χ0n) is 18.6. The fraction of sp³-hybridized carbons (Fsp3) is 0.346. The van der Waals surface area contributed by atoms with Crippen LogP contribution in [0.15, 0.2) is 47.0 Å². The number of carboxylic acids is 1. The van der Waals surface area contributed by atoms with Crippen LogP contribution in [0.3, 0.4) is 0 Å². The van der Waals surface area contributed by atoms with Crippen LogP contribution in [-0.4, -0.2) is 34.3 Å². The van der Waals surface area contributed by atoms with Crippen molar-refractivity contribution in [3.8, 4) is 11.3 Å². The molecule has 3 fully saturated rings. The lowest BCUT2D eigenvalue weighted by molar-refractivity contribution is -0.126. The molecular weight excluding hydrogens is 491 g/mol. The number of halogens is 2. The minimum atomic E-state index is -0.990. The number of carbonyl (C=O) groups is 2. The number of hydrogen-bond donors (Lipinski definition) is 1. The Kier molecular flexibility index (Phi) is 5.59. The van der Waals surface area contributed by atoms with Gasteiger partial charge < -0.3 is 19.3 Å². The van der Waals surface area contributed by atoms with Gasteiger partial charge >= 0.3 is 5.97 Å². The highest BCUT2D eigenvalue weighted by molar-refractivity contribution is 6.39. The Morgan fingerprint density at radius 3 is 2.46 bits per heavy atom. The molecule has 2 saturated carbocycles. The van der Waals surface area contributed by atoms with Crippen molar-refractivity contribution < 1.29 is 24.0 Å². The highest BCUT2D eigenvalue weighted by Crippen LogP contribution is 2.47. The van der Waals surface area contributed by atoms with Crippen molar-refractivity contribution in [3.63, 3.8) is 0 Å². The summed E-state index contributed by atoms with van der Waals surface area (Å²) >= 11 is 12.9. The summed E-state index contributed by atoms with van der Waals surface area (Å²) in [5.41, 5.74) is 2.99. The molecule has 2 aliphatic carbocycles. The SMILES string of the molecule is O=C(O)c1ccc(N2C(=O)[C@@H]3C[C@H]2C[C@H]3OCc2c(-c3c(Cl)cccc3Cl)noc2C2CC2)cc1. The molecule has 1 amide bonds. The predicted octanol–water partition coefficient (Wildman–Crippen LogP) is 5.93. The van der Waals surface area contributed by atoms with Crippen LogP contribution in [0.5, 0.6) is 0 Å². The fourth-order valence-corrected chi connectivity index (χ4v) is 5.90. The molecule has 1 aliphatic heterocycles. The van der Waals surface area contributed by atoms with Crippen LogP contribution < -0.4 is 4.90 Å². The standard InChI is InChI=1S/C26H22Cl2N2O5/c27-19-2-1-3-20(28)22(19)23-18(24(35-29-23)13-4-5-13)12-34-21-11-16-10-17(21)25(31)30(16)15-8-6-14(7-9-15)26(32)33/h1-3,6-9,13,16-17,21H,4-5,10-12H2,(H,32,33)/t16-,17+,21+/m0/s1. The number of fused-ring (bicyclic) bond motifs is 2. The average Bonchev–Trinajstić information content (AvgIpc) is 3.34. The first kappa shape index (κ1) is 22.6. The average molecular weight is 513 g/mol. The number of anilines is 1. The predicted molar refractivity (Wildman–Crippen MR) is 130 cm³/mol. The maximum absolute atomic E-state index is 13.2. The van der Waals surface area contributed by atoms with Gasteiger partial charge in [-0.1, -0.05) is 34.4 Å². The molecule has 1 aromatic heterocycles. The van der Waals surface area contributed by atoms with E-state index in [0.717, 1.165) is 29.9 Å². The summed E-state index contributed by atoms with van der Waals surface area (Å²) in [6.45, 7) is 0.265. The summed E-state index contributed by atoms with van der Waals surface area (Å²) in [7, 11) is 0. The van der Waals surface area contributed by atoms with Crippen molar-refractivity contribution >= 4 is 40.8 Å². The first-order chi connectivity index (χ1) is 16.9. The van der Waals surface area contributed by atoms with Gasteiger partial charge in [0.25, 0.3) is 0 Å². The third kappa shape index (κ3) is 3.92. The number of aromatic nitrogens is 1. The lowest BCUT2D eigenvalue weighted by Crippen LogP contribution is -2.43. The van der Waals surface area contributed by atoms with Gasteiger partial charge in [-0.05, 0) is 62.1 Å². The summed E-state index contributed by atoms with van der Waals surface area (Å²) in [6.07, 6.45) is 3.30. The Bertz CT molecular complexity index is 1300. The molecule has 1 N–H and O–H groups in total. The first-order valence-corrected chi connectivity index (χ1v) is 12.4. The zero-order valence-corrected chi connectivity index (χ0v) is 20.1. The highest BCUT2D eigenvalue weighted by atomic mass is 35.5. The van der Waals surface area contributed by atoms with E-state index in [1.807, 2.05) is 0 Å². The largest absolute Gasteiger partial charge is 0.478 e. The van der Waals surface area contributed by atoms with Gasteiger partial charge in [-0.15, -0.1) is 0 Å². The van der Waals surface area contributed by atoms with Gasteiger partial charge in [-0.2, -0.15) is 0 Å². The highest BCUT2D eigenvalue weighted by Gasteiger charge is 2.52. The van der Waals surface area contributed by atoms with E-state index in [1.165, 1.54) is 12.1 Å². The lowest BCUT2D eigenvalue weighted by atomic mass is 10.0. The number of carboxylic acid groups (broad SMARTS) is 1. The Morgan fingerprint density at radius 1 is 1.11 bits per heavy atom. The molecule has 0 radical (unpaired) electrons. The molecule has 0 unspecified atom stereocenters. The topological polar surface area (TPSA) is 92.9 Å². The van der Waals surface area contributed by atoms with Gasteiger partial charge in [0.2, 0.25) is 5.91 Å². The van der Waals surface area contributed by atoms with E-state index in [9.17, 15) is 9.59 Å². The quantitative estimate of drug-likeness (QED) is 0.421. The van der Waals surface area contributed by atoms with Crippen LogP contribution in [0.25, 0.3) is 11.3 Å². The second-order valence-electron chi connectivity index (χ2n) is 9.39. The number of rotatable bonds is 7. The van der Waals surface area contributed by atoms with Gasteiger partial charge in [-0.3, -0.25) is 4.79 Å². The molecular formula is C26H22Cl2N2O5. The third-order valence-electron chi connectivity index (χ3n) is 7.20. The van der Waals surface area contributed by atoms with Crippen molar-refractivity contribution in [1.82, 2.24) is 5.16 Å². The minimum Gasteiger partial charge on any atom is -0.478 e. The molecule has 1 saturated heterocycles. The Hall–Kier alpha value is -2.87. The molecule has 3 aliphatic rings. The van der Waals surface area contributed by atoms with Gasteiger partial charge in [0, 0.05) is 28.8 Å². The normalized spacial score (nSPS) is 23.3. The number of aromatic carboxylic acids is 1. The summed E-state index contributed by atoms with van der Waals surface area (Å²) in [4.78, 5) is 26.1. The van der Waals surface area contributed by atoms with E-state index in [0.29, 0.717) is 40.1 Å². The van der Waals surface area contributed by atoms with E-state index >= 15 is 0 Å². The van der Waals surface area contributed by atoms with Crippen LogP contribution in [0.1, 0.15) is 53.3 Å². The Labute approximate surface area is 211 Å². The molecule has 180 valence electrons. The second-order valence-corrected chi connectivity index (χ2v) is 10.2. The Balaban J connectivity index is 1.21. The molecule has 2 bridgehead atoms. The summed E-state index contributed by atoms with van der Waals surface area (Å²) in [5.74, 6) is -0.0872. The van der Waals surface area contributed by atoms with Gasteiger partial charge in [0.15, 0.2) is 0 Å². The van der Waals surface area contributed by atoms with E-state index in [-0.39, 0.29) is 36.1 Å². The van der Waals surface area contributed by atoms with Gasteiger partial charge in [0.05, 0.1) is 34.2 Å². The molecule has 0 spiro atoms. The van der Waals surface area contributed by atoms with E-state index in [1.54, 1.807) is 35.2 Å². The number of ether oxygens (including phenoxy) is 1. The molecule has 35 heavy (non-hydrogen) atoms. The van der Waals surface area contributed by atoms with Crippen LogP contribution in [0.4, 0.5) is 5.69 Å². The summed E-state index contributed by atoms with van der Waals surface area (Å²) in [5, 5.41) is 14.4. The van der Waals surface area contributed by atoms with Crippen molar-refractivity contribution in [1.29, 1.82) is 0 Å². The maximum atomic E-state index is 13.2. The fourth-order valence-electron chi connectivity index (χ4n) is 5.33. The third-order valence-corrected chi connectivity index (χ3v) is 7.83. The maximum Gasteiger partial charge on any atom is 0.335 e. The molecule has 3 atom stereocenters. The van der Waals surface area contributed by atoms with Crippen LogP contribution >= 0.6 is 23.2 Å². The van der Waals surface area contributed by atoms with E-state index < -0.39 is 5.97 Å². The Morgan fingerprint density at radius 2 is 1.83 bits per heavy atom. The lowest BCUT2D eigenvalue weighted by Gasteiger charge is -2.31. The molecule has 2 heterocycles. The first-order valence-electron chi connectivity index (χ1n) is 11.6. The second kappa shape index (κ2) is 8.66. The van der Waals surface area contributed by atoms with Crippen molar-refractivity contribution in [2.75, 3.05) is 4.90 Å². The number of nitrogens with zero attached hydrogens (tertiary/aromatic N) is 2. The number of amides is 1. The van der Waals surface area contributed by atoms with Crippen LogP contribution in [0, 0.1) is 5.92 Å². The summed E-state index contributed by atoms with van der Waals surface area (Å²) < 4.78 is 12.1. The number of carbonyl (C=O) groups excluding carboxylic acids is 1. The number of benzene rings is 2. The molecule has 6 rings (SSSR count). The van der Waals surface area contributed by atoms with Gasteiger partial charge in [0.1, 0.15) is 11.5 Å². The zero-order chi connectivity index (χ0) is 24.3. The molecule has 9 heteroatoms.